The van der Waals surface area contributed by atoms with Crippen molar-refractivity contribution in [2.75, 3.05) is 0 Å². The molecule has 2 aromatic rings. The van der Waals surface area contributed by atoms with Crippen LogP contribution in [0.25, 0.3) is 0 Å². The van der Waals surface area contributed by atoms with Crippen LogP contribution >= 0.6 is 0 Å². The smallest absolute Gasteiger partial charge is 0.0362 e. The standard InChI is InChI=1S/C15H20N2/c1-3-13-7-4-5-8-14(13)11-16-12-15-9-6-10-17(15)2/h4-10,16H,3,11-12H2,1-2H3. The normalized spacial score (nSPS) is 10.7. The highest BCUT2D eigenvalue weighted by atomic mass is 15.0. The summed E-state index contributed by atoms with van der Waals surface area (Å²) in [5, 5.41) is 3.50. The number of aromatic nitrogens is 1. The first-order valence-corrected chi connectivity index (χ1v) is 6.19. The zero-order valence-corrected chi connectivity index (χ0v) is 10.6. The molecule has 0 bridgehead atoms. The van der Waals surface area contributed by atoms with Crippen LogP contribution in [-0.2, 0) is 26.6 Å². The minimum Gasteiger partial charge on any atom is -0.353 e. The van der Waals surface area contributed by atoms with Crippen LogP contribution in [0.2, 0.25) is 0 Å². The van der Waals surface area contributed by atoms with Crippen molar-refractivity contribution < 1.29 is 0 Å². The monoisotopic (exact) mass is 228 g/mol. The first-order chi connectivity index (χ1) is 8.31. The molecular weight excluding hydrogens is 208 g/mol. The topological polar surface area (TPSA) is 17.0 Å². The van der Waals surface area contributed by atoms with E-state index in [0.717, 1.165) is 19.5 Å². The van der Waals surface area contributed by atoms with E-state index < -0.39 is 0 Å². The molecule has 0 aliphatic heterocycles. The summed E-state index contributed by atoms with van der Waals surface area (Å²) in [5.74, 6) is 0. The highest BCUT2D eigenvalue weighted by molar-refractivity contribution is 5.26. The van der Waals surface area contributed by atoms with Crippen LogP contribution in [0.3, 0.4) is 0 Å². The molecule has 1 aromatic heterocycles. The van der Waals surface area contributed by atoms with Crippen molar-refractivity contribution in [3.8, 4) is 0 Å². The summed E-state index contributed by atoms with van der Waals surface area (Å²) < 4.78 is 2.15. The zero-order chi connectivity index (χ0) is 12.1. The Morgan fingerprint density at radius 3 is 2.41 bits per heavy atom. The second kappa shape index (κ2) is 5.69. The molecule has 0 atom stereocenters. The predicted octanol–water partition coefficient (Wildman–Crippen LogP) is 2.88. The third-order valence-corrected chi connectivity index (χ3v) is 3.17. The van der Waals surface area contributed by atoms with Crippen LogP contribution in [0, 0.1) is 0 Å². The quantitative estimate of drug-likeness (QED) is 0.832. The van der Waals surface area contributed by atoms with Crippen LogP contribution in [0.1, 0.15) is 23.7 Å². The minimum atomic E-state index is 0.918. The Morgan fingerprint density at radius 2 is 1.76 bits per heavy atom. The van der Waals surface area contributed by atoms with Crippen molar-refractivity contribution >= 4 is 0 Å². The molecule has 1 N–H and O–H groups in total. The Morgan fingerprint density at radius 1 is 1.00 bits per heavy atom. The highest BCUT2D eigenvalue weighted by Crippen LogP contribution is 2.09. The van der Waals surface area contributed by atoms with Crippen molar-refractivity contribution in [1.82, 2.24) is 9.88 Å². The summed E-state index contributed by atoms with van der Waals surface area (Å²) in [6.07, 6.45) is 3.18. The van der Waals surface area contributed by atoms with E-state index in [4.69, 9.17) is 0 Å². The fourth-order valence-corrected chi connectivity index (χ4v) is 2.08. The lowest BCUT2D eigenvalue weighted by atomic mass is 10.1. The van der Waals surface area contributed by atoms with Crippen molar-refractivity contribution in [2.45, 2.75) is 26.4 Å². The van der Waals surface area contributed by atoms with Crippen LogP contribution in [0.15, 0.2) is 42.6 Å². The van der Waals surface area contributed by atoms with E-state index >= 15 is 0 Å². The average Bonchev–Trinajstić information content (AvgIpc) is 2.76. The van der Waals surface area contributed by atoms with Crippen LogP contribution in [0.5, 0.6) is 0 Å². The molecule has 0 aliphatic carbocycles. The zero-order valence-electron chi connectivity index (χ0n) is 10.6. The first kappa shape index (κ1) is 11.9. The molecule has 0 saturated carbocycles. The number of nitrogens with zero attached hydrogens (tertiary/aromatic N) is 1. The molecule has 0 fully saturated rings. The summed E-state index contributed by atoms with van der Waals surface area (Å²) in [5.41, 5.74) is 4.16. The molecule has 2 heteroatoms. The Balaban J connectivity index is 1.92. The molecule has 0 amide bonds. The fourth-order valence-electron chi connectivity index (χ4n) is 2.08. The van der Waals surface area contributed by atoms with E-state index in [2.05, 4.69) is 66.5 Å². The number of hydrogen-bond donors (Lipinski definition) is 1. The highest BCUT2D eigenvalue weighted by Gasteiger charge is 2.00. The van der Waals surface area contributed by atoms with Gasteiger partial charge in [0, 0.05) is 32.0 Å². The molecule has 0 unspecified atom stereocenters. The van der Waals surface area contributed by atoms with Gasteiger partial charge >= 0.3 is 0 Å². The molecule has 0 saturated heterocycles. The van der Waals surface area contributed by atoms with E-state index in [-0.39, 0.29) is 0 Å². The van der Waals surface area contributed by atoms with E-state index in [1.54, 1.807) is 0 Å². The molecule has 2 rings (SSSR count). The lowest BCUT2D eigenvalue weighted by Gasteiger charge is -2.09. The number of benzene rings is 1. The Kier molecular flexibility index (Phi) is 3.99. The predicted molar refractivity (Wildman–Crippen MR) is 71.8 cm³/mol. The number of nitrogens with one attached hydrogen (secondary N) is 1. The molecular formula is C15H20N2. The van der Waals surface area contributed by atoms with Gasteiger partial charge in [-0.3, -0.25) is 0 Å². The molecule has 17 heavy (non-hydrogen) atoms. The van der Waals surface area contributed by atoms with E-state index in [1.807, 2.05) is 0 Å². The summed E-state index contributed by atoms with van der Waals surface area (Å²) in [7, 11) is 2.08. The van der Waals surface area contributed by atoms with Gasteiger partial charge in [0.2, 0.25) is 0 Å². The number of hydrogen-bond acceptors (Lipinski definition) is 1. The van der Waals surface area contributed by atoms with Crippen LogP contribution in [-0.4, -0.2) is 4.57 Å². The van der Waals surface area contributed by atoms with E-state index in [0.29, 0.717) is 0 Å². The summed E-state index contributed by atoms with van der Waals surface area (Å²) >= 11 is 0. The number of rotatable bonds is 5. The van der Waals surface area contributed by atoms with E-state index in [9.17, 15) is 0 Å². The van der Waals surface area contributed by atoms with E-state index in [1.165, 1.54) is 16.8 Å². The maximum Gasteiger partial charge on any atom is 0.0362 e. The Bertz CT molecular complexity index is 471. The number of aryl methyl sites for hydroxylation is 2. The van der Waals surface area contributed by atoms with Gasteiger partial charge in [-0.05, 0) is 29.7 Å². The summed E-state index contributed by atoms with van der Waals surface area (Å²) in [4.78, 5) is 0. The van der Waals surface area contributed by atoms with Crippen molar-refractivity contribution in [1.29, 1.82) is 0 Å². The van der Waals surface area contributed by atoms with Gasteiger partial charge in [0.15, 0.2) is 0 Å². The molecule has 0 spiro atoms. The average molecular weight is 228 g/mol. The van der Waals surface area contributed by atoms with Gasteiger partial charge in [-0.1, -0.05) is 31.2 Å². The van der Waals surface area contributed by atoms with Gasteiger partial charge in [0.25, 0.3) is 0 Å². The van der Waals surface area contributed by atoms with Gasteiger partial charge in [-0.15, -0.1) is 0 Å². The van der Waals surface area contributed by atoms with Crippen LogP contribution < -0.4 is 5.32 Å². The second-order valence-corrected chi connectivity index (χ2v) is 4.34. The van der Waals surface area contributed by atoms with Gasteiger partial charge in [-0.2, -0.15) is 0 Å². The Labute approximate surface area is 103 Å². The second-order valence-electron chi connectivity index (χ2n) is 4.34. The van der Waals surface area contributed by atoms with Crippen molar-refractivity contribution in [3.05, 3.63) is 59.4 Å². The van der Waals surface area contributed by atoms with Crippen molar-refractivity contribution in [3.63, 3.8) is 0 Å². The summed E-state index contributed by atoms with van der Waals surface area (Å²) in [6, 6.07) is 12.9. The van der Waals surface area contributed by atoms with Gasteiger partial charge in [0.05, 0.1) is 0 Å². The third kappa shape index (κ3) is 2.98. The lowest BCUT2D eigenvalue weighted by molar-refractivity contribution is 0.652. The fraction of sp³-hybridized carbons (Fsp3) is 0.333. The molecule has 90 valence electrons. The SMILES string of the molecule is CCc1ccccc1CNCc1cccn1C. The van der Waals surface area contributed by atoms with Gasteiger partial charge in [0.1, 0.15) is 0 Å². The largest absolute Gasteiger partial charge is 0.353 e. The third-order valence-electron chi connectivity index (χ3n) is 3.17. The van der Waals surface area contributed by atoms with Crippen molar-refractivity contribution in [2.24, 2.45) is 7.05 Å². The Hall–Kier alpha value is -1.54. The maximum atomic E-state index is 3.50. The minimum absolute atomic E-state index is 0.918. The van der Waals surface area contributed by atoms with Gasteiger partial charge < -0.3 is 9.88 Å². The summed E-state index contributed by atoms with van der Waals surface area (Å²) in [6.45, 7) is 4.06. The maximum absolute atomic E-state index is 3.50. The molecule has 1 heterocycles. The molecule has 1 aromatic carbocycles. The van der Waals surface area contributed by atoms with Crippen LogP contribution in [0.4, 0.5) is 0 Å². The molecule has 0 aliphatic rings. The molecule has 0 radical (unpaired) electrons. The first-order valence-electron chi connectivity index (χ1n) is 6.19. The lowest BCUT2D eigenvalue weighted by Crippen LogP contribution is -2.15. The molecule has 2 nitrogen and oxygen atoms in total. The van der Waals surface area contributed by atoms with Gasteiger partial charge in [-0.25, -0.2) is 0 Å².